The molecule has 0 saturated carbocycles. The minimum atomic E-state index is -3.90. The number of aromatic nitrogens is 2. The summed E-state index contributed by atoms with van der Waals surface area (Å²) in [6.45, 7) is 3.78. The molecule has 10 heteroatoms. The van der Waals surface area contributed by atoms with E-state index in [-0.39, 0.29) is 15.5 Å². The molecule has 1 aliphatic rings. The van der Waals surface area contributed by atoms with Crippen LogP contribution in [-0.4, -0.2) is 37.7 Å². The fourth-order valence-corrected chi connectivity index (χ4v) is 6.08. The number of methoxy groups -OCH3 is 1. The lowest BCUT2D eigenvalue weighted by molar-refractivity contribution is 0.102. The number of aryl methyl sites for hydroxylation is 1. The van der Waals surface area contributed by atoms with Gasteiger partial charge in [-0.2, -0.15) is 8.42 Å². The van der Waals surface area contributed by atoms with Crippen molar-refractivity contribution < 1.29 is 17.9 Å². The van der Waals surface area contributed by atoms with E-state index in [1.165, 1.54) is 4.31 Å². The average molecular weight is 445 g/mol. The molecule has 30 heavy (non-hydrogen) atoms. The fraction of sp³-hybridized carbons (Fsp3) is 0.250. The summed E-state index contributed by atoms with van der Waals surface area (Å²) in [5, 5.41) is 10.4. The number of rotatable bonds is 5. The highest BCUT2D eigenvalue weighted by molar-refractivity contribution is 7.94. The summed E-state index contributed by atoms with van der Waals surface area (Å²) in [7, 11) is -2.36. The van der Waals surface area contributed by atoms with Crippen LogP contribution in [0.5, 0.6) is 5.75 Å². The molecule has 0 bridgehead atoms. The molecule has 8 nitrogen and oxygen atoms in total. The summed E-state index contributed by atoms with van der Waals surface area (Å²) < 4.78 is 32.8. The summed E-state index contributed by atoms with van der Waals surface area (Å²) in [5.41, 5.74) is 3.02. The van der Waals surface area contributed by atoms with E-state index < -0.39 is 15.9 Å². The summed E-state index contributed by atoms with van der Waals surface area (Å²) in [5.74, 6) is 0.222. The Hall–Kier alpha value is -2.98. The summed E-state index contributed by atoms with van der Waals surface area (Å²) in [6, 6.07) is 12.1. The van der Waals surface area contributed by atoms with E-state index in [9.17, 15) is 13.2 Å². The third-order valence-corrected chi connectivity index (χ3v) is 7.97. The predicted molar refractivity (Wildman–Crippen MR) is 115 cm³/mol. The first-order chi connectivity index (χ1) is 14.3. The highest BCUT2D eigenvalue weighted by Crippen LogP contribution is 2.38. The molecule has 1 amide bonds. The second-order valence-corrected chi connectivity index (χ2v) is 10.0. The van der Waals surface area contributed by atoms with Gasteiger partial charge in [0.25, 0.3) is 20.3 Å². The van der Waals surface area contributed by atoms with Crippen molar-refractivity contribution in [3.05, 3.63) is 59.2 Å². The maximum Gasteiger partial charge on any atom is 0.293 e. The molecule has 0 fully saturated rings. The topological polar surface area (TPSA) is 101 Å². The predicted octanol–water partition coefficient (Wildman–Crippen LogP) is 3.25. The number of anilines is 2. The first kappa shape index (κ1) is 20.3. The molecule has 2 aromatic carbocycles. The van der Waals surface area contributed by atoms with Crippen molar-refractivity contribution in [3.63, 3.8) is 0 Å². The molecule has 2 heterocycles. The van der Waals surface area contributed by atoms with Crippen LogP contribution >= 0.6 is 11.3 Å². The van der Waals surface area contributed by atoms with Gasteiger partial charge in [-0.25, -0.2) is 0 Å². The molecule has 156 valence electrons. The first-order valence-electron chi connectivity index (χ1n) is 9.22. The number of ether oxygens (including phenoxy) is 1. The van der Waals surface area contributed by atoms with Crippen molar-refractivity contribution in [1.82, 2.24) is 10.2 Å². The van der Waals surface area contributed by atoms with E-state index in [0.29, 0.717) is 23.4 Å². The molecule has 0 radical (unpaired) electrons. The Morgan fingerprint density at radius 3 is 2.63 bits per heavy atom. The molecule has 0 spiro atoms. The number of carbonyl (C=O) groups is 1. The van der Waals surface area contributed by atoms with Crippen LogP contribution in [0.2, 0.25) is 0 Å². The zero-order valence-electron chi connectivity index (χ0n) is 16.6. The highest BCUT2D eigenvalue weighted by Gasteiger charge is 2.38. The summed E-state index contributed by atoms with van der Waals surface area (Å²) >= 11 is 0.830. The molecule has 0 unspecified atom stereocenters. The Balaban J connectivity index is 1.57. The molecule has 0 aliphatic carbocycles. The quantitative estimate of drug-likeness (QED) is 0.606. The molecule has 1 atom stereocenters. The molecule has 1 aromatic heterocycles. The van der Waals surface area contributed by atoms with Crippen LogP contribution in [0.1, 0.15) is 28.4 Å². The zero-order valence-corrected chi connectivity index (χ0v) is 18.3. The van der Waals surface area contributed by atoms with E-state index in [1.807, 2.05) is 32.0 Å². The van der Waals surface area contributed by atoms with E-state index >= 15 is 0 Å². The molecule has 1 aliphatic heterocycles. The fourth-order valence-electron chi connectivity index (χ4n) is 3.42. The minimum absolute atomic E-state index is 0.116. The summed E-state index contributed by atoms with van der Waals surface area (Å²) in [6.07, 6.45) is 0.634. The Morgan fingerprint density at radius 1 is 1.20 bits per heavy atom. The third kappa shape index (κ3) is 3.63. The zero-order chi connectivity index (χ0) is 21.5. The molecule has 1 N–H and O–H groups in total. The van der Waals surface area contributed by atoms with Crippen LogP contribution in [-0.2, 0) is 16.4 Å². The standard InChI is InChI=1S/C20H20N4O4S2/c1-12-4-5-15-11-13(2)24(17(15)10-12)30(26,27)20-23-22-19(29-20)21-18(25)14-6-8-16(28-3)9-7-14/h4-10,13H,11H2,1-3H3,(H,21,22,25)/t13-/m0/s1. The number of nitrogens with zero attached hydrogens (tertiary/aromatic N) is 3. The number of fused-ring (bicyclic) bond motifs is 1. The van der Waals surface area contributed by atoms with Gasteiger partial charge in [-0.15, -0.1) is 10.2 Å². The second kappa shape index (κ2) is 7.69. The first-order valence-corrected chi connectivity index (χ1v) is 11.5. The van der Waals surface area contributed by atoms with E-state index in [0.717, 1.165) is 22.5 Å². The number of hydrogen-bond donors (Lipinski definition) is 1. The van der Waals surface area contributed by atoms with E-state index in [1.54, 1.807) is 31.4 Å². The molecule has 3 aromatic rings. The maximum absolute atomic E-state index is 13.3. The van der Waals surface area contributed by atoms with Crippen molar-refractivity contribution >= 4 is 38.1 Å². The number of amides is 1. The van der Waals surface area contributed by atoms with Crippen molar-refractivity contribution in [2.24, 2.45) is 0 Å². The van der Waals surface area contributed by atoms with Crippen molar-refractivity contribution in [3.8, 4) is 5.75 Å². The molecular formula is C20H20N4O4S2. The number of benzene rings is 2. The number of nitrogens with one attached hydrogen (secondary N) is 1. The third-order valence-electron chi connectivity index (χ3n) is 4.85. The Morgan fingerprint density at radius 2 is 1.93 bits per heavy atom. The van der Waals surface area contributed by atoms with Crippen LogP contribution in [0.25, 0.3) is 0 Å². The Kier molecular flexibility index (Phi) is 5.20. The van der Waals surface area contributed by atoms with Crippen molar-refractivity contribution in [2.75, 3.05) is 16.7 Å². The summed E-state index contributed by atoms with van der Waals surface area (Å²) in [4.78, 5) is 12.4. The Labute approximate surface area is 178 Å². The SMILES string of the molecule is COc1ccc(C(=O)Nc2nnc(S(=O)(=O)N3c4cc(C)ccc4C[C@@H]3C)s2)cc1. The Bertz CT molecular complexity index is 1210. The number of hydrogen-bond acceptors (Lipinski definition) is 7. The normalized spacial score (nSPS) is 15.7. The largest absolute Gasteiger partial charge is 0.497 e. The van der Waals surface area contributed by atoms with Crippen LogP contribution < -0.4 is 14.4 Å². The van der Waals surface area contributed by atoms with Crippen LogP contribution in [0.3, 0.4) is 0 Å². The van der Waals surface area contributed by atoms with Gasteiger partial charge in [-0.1, -0.05) is 23.5 Å². The molecular weight excluding hydrogens is 424 g/mol. The average Bonchev–Trinajstić information content (AvgIpc) is 3.32. The van der Waals surface area contributed by atoms with Gasteiger partial charge in [0.1, 0.15) is 5.75 Å². The van der Waals surface area contributed by atoms with Gasteiger partial charge in [0, 0.05) is 11.6 Å². The number of carbonyl (C=O) groups excluding carboxylic acids is 1. The number of sulfonamides is 1. The lowest BCUT2D eigenvalue weighted by Gasteiger charge is -2.22. The second-order valence-electron chi connectivity index (χ2n) is 7.04. The van der Waals surface area contributed by atoms with Gasteiger partial charge in [-0.3, -0.25) is 14.4 Å². The van der Waals surface area contributed by atoms with Crippen molar-refractivity contribution in [1.29, 1.82) is 0 Å². The maximum atomic E-state index is 13.3. The molecule has 4 rings (SSSR count). The van der Waals surface area contributed by atoms with Gasteiger partial charge in [-0.05, 0) is 61.7 Å². The van der Waals surface area contributed by atoms with Crippen LogP contribution in [0.4, 0.5) is 10.8 Å². The smallest absolute Gasteiger partial charge is 0.293 e. The lowest BCUT2D eigenvalue weighted by Crippen LogP contribution is -2.35. The van der Waals surface area contributed by atoms with Gasteiger partial charge in [0.15, 0.2) is 0 Å². The van der Waals surface area contributed by atoms with Gasteiger partial charge in [0.2, 0.25) is 5.13 Å². The van der Waals surface area contributed by atoms with E-state index in [2.05, 4.69) is 15.5 Å². The van der Waals surface area contributed by atoms with Crippen LogP contribution in [0.15, 0.2) is 46.8 Å². The van der Waals surface area contributed by atoms with E-state index in [4.69, 9.17) is 4.74 Å². The van der Waals surface area contributed by atoms with Crippen molar-refractivity contribution in [2.45, 2.75) is 30.6 Å². The monoisotopic (exact) mass is 444 g/mol. The lowest BCUT2D eigenvalue weighted by atomic mass is 10.1. The highest BCUT2D eigenvalue weighted by atomic mass is 32.2. The van der Waals surface area contributed by atoms with Crippen LogP contribution in [0, 0.1) is 6.92 Å². The molecule has 0 saturated heterocycles. The van der Waals surface area contributed by atoms with Gasteiger partial charge >= 0.3 is 0 Å². The van der Waals surface area contributed by atoms with Gasteiger partial charge in [0.05, 0.1) is 12.8 Å². The minimum Gasteiger partial charge on any atom is -0.497 e. The van der Waals surface area contributed by atoms with Gasteiger partial charge < -0.3 is 4.74 Å².